The molecular formula is C30H26F2N4O4S. The number of hydrogen-bond acceptors (Lipinski definition) is 9. The molecule has 5 rings (SSSR count). The van der Waals surface area contributed by atoms with E-state index >= 15 is 0 Å². The highest BCUT2D eigenvalue weighted by Crippen LogP contribution is 2.46. The van der Waals surface area contributed by atoms with E-state index in [-0.39, 0.29) is 4.90 Å². The zero-order chi connectivity index (χ0) is 29.1. The number of nitrogens with one attached hydrogen (secondary N) is 1. The first-order valence-corrected chi connectivity index (χ1v) is 13.1. The van der Waals surface area contributed by atoms with Crippen LogP contribution in [0, 0.1) is 11.6 Å². The minimum atomic E-state index is -0.672. The number of benzene rings is 3. The maximum atomic E-state index is 14.2. The summed E-state index contributed by atoms with van der Waals surface area (Å²) in [5.41, 5.74) is 10.6. The first-order chi connectivity index (χ1) is 19.9. The van der Waals surface area contributed by atoms with Crippen molar-refractivity contribution in [3.8, 4) is 45.4 Å². The van der Waals surface area contributed by atoms with E-state index in [1.807, 2.05) is 36.4 Å². The Morgan fingerprint density at radius 3 is 2.29 bits per heavy atom. The molecule has 0 aliphatic rings. The monoisotopic (exact) mass is 576 g/mol. The molecule has 0 spiro atoms. The van der Waals surface area contributed by atoms with E-state index in [1.54, 1.807) is 33.6 Å². The second-order valence-electron chi connectivity index (χ2n) is 8.77. The lowest BCUT2D eigenvalue weighted by atomic mass is 9.99. The lowest BCUT2D eigenvalue weighted by Gasteiger charge is -2.17. The molecule has 2 aromatic heterocycles. The fourth-order valence-electron chi connectivity index (χ4n) is 4.41. The summed E-state index contributed by atoms with van der Waals surface area (Å²) in [6, 6.07) is 16.5. The minimum Gasteiger partial charge on any atom is -0.493 e. The summed E-state index contributed by atoms with van der Waals surface area (Å²) in [6.45, 7) is 0. The maximum Gasteiger partial charge on any atom is 0.237 e. The molecule has 0 unspecified atom stereocenters. The molecule has 8 nitrogen and oxygen atoms in total. The molecule has 0 aliphatic heterocycles. The van der Waals surface area contributed by atoms with Gasteiger partial charge in [-0.1, -0.05) is 6.07 Å². The summed E-state index contributed by atoms with van der Waals surface area (Å²) in [5, 5.41) is 0.830. The average Bonchev–Trinajstić information content (AvgIpc) is 2.99. The van der Waals surface area contributed by atoms with Gasteiger partial charge in [0.2, 0.25) is 11.6 Å². The van der Waals surface area contributed by atoms with Crippen LogP contribution < -0.4 is 29.4 Å². The normalized spacial score (nSPS) is 10.9. The molecule has 3 aromatic carbocycles. The van der Waals surface area contributed by atoms with Crippen molar-refractivity contribution in [2.45, 2.75) is 4.90 Å². The Bertz CT molecular complexity index is 1750. The predicted octanol–water partition coefficient (Wildman–Crippen LogP) is 6.98. The van der Waals surface area contributed by atoms with Gasteiger partial charge >= 0.3 is 0 Å². The fraction of sp³-hybridized carbons (Fsp3) is 0.133. The van der Waals surface area contributed by atoms with E-state index in [4.69, 9.17) is 24.7 Å². The molecule has 2 heterocycles. The Labute approximate surface area is 239 Å². The van der Waals surface area contributed by atoms with Gasteiger partial charge in [-0.3, -0.25) is 0 Å². The minimum absolute atomic E-state index is 0.228. The highest BCUT2D eigenvalue weighted by Gasteiger charge is 2.20. The molecule has 0 bridgehead atoms. The molecule has 41 heavy (non-hydrogen) atoms. The standard InChI is InChI=1S/C30H26F2N4O4S/c1-37-25-9-7-20(27(38-2)28(25)39-3)21-12-17-11-16(5-8-23(17)35-29(21)33)18-13-24(30(40-4)34-15-18)36-41-26-10-6-19(31)14-22(26)32/h5-15,36H,1-4H3,(H2,33,35). The van der Waals surface area contributed by atoms with Gasteiger partial charge in [0.05, 0.1) is 38.9 Å². The highest BCUT2D eigenvalue weighted by molar-refractivity contribution is 8.00. The second kappa shape index (κ2) is 11.8. The van der Waals surface area contributed by atoms with Gasteiger partial charge in [-0.2, -0.15) is 0 Å². The maximum absolute atomic E-state index is 14.2. The van der Waals surface area contributed by atoms with Crippen LogP contribution in [0.3, 0.4) is 0 Å². The molecule has 0 atom stereocenters. The number of rotatable bonds is 9. The van der Waals surface area contributed by atoms with Crippen molar-refractivity contribution in [2.24, 2.45) is 0 Å². The average molecular weight is 577 g/mol. The van der Waals surface area contributed by atoms with Gasteiger partial charge < -0.3 is 29.4 Å². The van der Waals surface area contributed by atoms with Crippen molar-refractivity contribution in [3.63, 3.8) is 0 Å². The smallest absolute Gasteiger partial charge is 0.237 e. The number of methoxy groups -OCH3 is 4. The summed E-state index contributed by atoms with van der Waals surface area (Å²) in [5.74, 6) is 0.784. The van der Waals surface area contributed by atoms with E-state index in [1.165, 1.54) is 19.2 Å². The van der Waals surface area contributed by atoms with Gasteiger partial charge in [0.25, 0.3) is 0 Å². The van der Waals surface area contributed by atoms with E-state index in [0.29, 0.717) is 51.3 Å². The molecule has 0 aliphatic carbocycles. The number of hydrogen-bond donors (Lipinski definition) is 2. The molecular weight excluding hydrogens is 550 g/mol. The van der Waals surface area contributed by atoms with Crippen LogP contribution in [-0.4, -0.2) is 38.4 Å². The van der Waals surface area contributed by atoms with E-state index < -0.39 is 11.6 Å². The van der Waals surface area contributed by atoms with Gasteiger partial charge in [0.15, 0.2) is 11.5 Å². The van der Waals surface area contributed by atoms with Gasteiger partial charge in [0.1, 0.15) is 23.1 Å². The summed E-state index contributed by atoms with van der Waals surface area (Å²) in [7, 11) is 6.14. The van der Waals surface area contributed by atoms with Crippen molar-refractivity contribution in [2.75, 3.05) is 38.9 Å². The molecule has 210 valence electrons. The third-order valence-corrected chi connectivity index (χ3v) is 7.25. The molecule has 0 amide bonds. The Morgan fingerprint density at radius 1 is 0.780 bits per heavy atom. The number of nitrogens with zero attached hydrogens (tertiary/aromatic N) is 2. The Balaban J connectivity index is 1.53. The zero-order valence-corrected chi connectivity index (χ0v) is 23.4. The van der Waals surface area contributed by atoms with Crippen LogP contribution in [0.4, 0.5) is 20.3 Å². The number of nitrogens with two attached hydrogens (primary N) is 1. The number of fused-ring (bicyclic) bond motifs is 1. The summed E-state index contributed by atoms with van der Waals surface area (Å²) >= 11 is 0.988. The first kappa shape index (κ1) is 27.8. The highest BCUT2D eigenvalue weighted by atomic mass is 32.2. The molecule has 0 fully saturated rings. The van der Waals surface area contributed by atoms with Crippen molar-refractivity contribution < 1.29 is 27.7 Å². The molecule has 11 heteroatoms. The van der Waals surface area contributed by atoms with Crippen molar-refractivity contribution in [1.82, 2.24) is 9.97 Å². The summed E-state index contributed by atoms with van der Waals surface area (Å²) in [6.07, 6.45) is 1.68. The van der Waals surface area contributed by atoms with Gasteiger partial charge in [-0.15, -0.1) is 0 Å². The molecule has 0 saturated carbocycles. The van der Waals surface area contributed by atoms with E-state index in [0.717, 1.165) is 34.5 Å². The molecule has 0 radical (unpaired) electrons. The molecule has 3 N–H and O–H groups in total. The van der Waals surface area contributed by atoms with Crippen LogP contribution in [0.5, 0.6) is 23.1 Å². The van der Waals surface area contributed by atoms with Gasteiger partial charge in [-0.25, -0.2) is 18.7 Å². The zero-order valence-electron chi connectivity index (χ0n) is 22.6. The third kappa shape index (κ3) is 5.48. The number of halogens is 2. The number of nitrogen functional groups attached to an aromatic ring is 1. The Morgan fingerprint density at radius 2 is 1.59 bits per heavy atom. The largest absolute Gasteiger partial charge is 0.493 e. The van der Waals surface area contributed by atoms with Crippen LogP contribution in [0.2, 0.25) is 0 Å². The number of ether oxygens (including phenoxy) is 4. The fourth-order valence-corrected chi connectivity index (χ4v) is 5.07. The Hall–Kier alpha value is -4.77. The molecule has 5 aromatic rings. The number of aromatic nitrogens is 2. The number of pyridine rings is 2. The van der Waals surface area contributed by atoms with Crippen LogP contribution in [0.15, 0.2) is 71.8 Å². The SMILES string of the molecule is COc1ccc(-c2cc3cc(-c4cnc(OC)c(NSc5ccc(F)cc5F)c4)ccc3nc2N)c(OC)c1OC. The van der Waals surface area contributed by atoms with Crippen LogP contribution in [0.25, 0.3) is 33.2 Å². The van der Waals surface area contributed by atoms with Crippen molar-refractivity contribution in [1.29, 1.82) is 0 Å². The van der Waals surface area contributed by atoms with Gasteiger partial charge in [0, 0.05) is 34.3 Å². The molecule has 0 saturated heterocycles. The quantitative estimate of drug-likeness (QED) is 0.180. The topological polar surface area (TPSA) is 101 Å². The summed E-state index contributed by atoms with van der Waals surface area (Å²) in [4.78, 5) is 9.26. The first-order valence-electron chi connectivity index (χ1n) is 12.3. The third-order valence-electron chi connectivity index (χ3n) is 6.38. The number of anilines is 2. The van der Waals surface area contributed by atoms with E-state index in [2.05, 4.69) is 14.7 Å². The van der Waals surface area contributed by atoms with E-state index in [9.17, 15) is 8.78 Å². The van der Waals surface area contributed by atoms with Crippen LogP contribution >= 0.6 is 11.9 Å². The Kier molecular flexibility index (Phi) is 7.97. The van der Waals surface area contributed by atoms with Crippen molar-refractivity contribution >= 4 is 34.4 Å². The van der Waals surface area contributed by atoms with Crippen LogP contribution in [-0.2, 0) is 0 Å². The summed E-state index contributed by atoms with van der Waals surface area (Å²) < 4.78 is 52.5. The van der Waals surface area contributed by atoms with Crippen LogP contribution in [0.1, 0.15) is 0 Å². The lowest BCUT2D eigenvalue weighted by Crippen LogP contribution is -2.00. The van der Waals surface area contributed by atoms with Gasteiger partial charge in [-0.05, 0) is 66.0 Å². The van der Waals surface area contributed by atoms with Crippen molar-refractivity contribution in [3.05, 3.63) is 78.5 Å². The predicted molar refractivity (Wildman–Crippen MR) is 157 cm³/mol. The lowest BCUT2D eigenvalue weighted by molar-refractivity contribution is 0.325. The second-order valence-corrected chi connectivity index (χ2v) is 9.62.